The molecule has 1 aromatic carbocycles. The number of carbonyl (C=O) groups is 1. The molecule has 0 atom stereocenters. The summed E-state index contributed by atoms with van der Waals surface area (Å²) in [6, 6.07) is 9.91. The third-order valence-corrected chi connectivity index (χ3v) is 2.14. The fraction of sp³-hybridized carbons (Fsp3) is 0.267. The number of hydrogen-bond donors (Lipinski definition) is 0. The highest BCUT2D eigenvalue weighted by Crippen LogP contribution is 2.00. The fourth-order valence-corrected chi connectivity index (χ4v) is 1.27. The third kappa shape index (κ3) is 6.36. The maximum absolute atomic E-state index is 11.2. The first-order valence-corrected chi connectivity index (χ1v) is 5.88. The van der Waals surface area contributed by atoms with E-state index >= 15 is 0 Å². The molecule has 0 saturated heterocycles. The van der Waals surface area contributed by atoms with E-state index in [2.05, 4.69) is 6.92 Å². The van der Waals surface area contributed by atoms with Gasteiger partial charge in [-0.1, -0.05) is 55.8 Å². The molecule has 2 heteroatoms. The van der Waals surface area contributed by atoms with Crippen molar-refractivity contribution in [2.45, 2.75) is 19.8 Å². The van der Waals surface area contributed by atoms with Crippen LogP contribution in [-0.2, 0) is 9.53 Å². The van der Waals surface area contributed by atoms with E-state index in [1.165, 1.54) is 6.08 Å². The standard InChI is InChI=1S/C15H18O2/c1-2-3-5-12-15(16)17-13-8-11-14-9-6-4-7-10-14/h4-12H,2-3,13H2,1H3/b11-8+,12-5-. The summed E-state index contributed by atoms with van der Waals surface area (Å²) in [5, 5.41) is 0. The van der Waals surface area contributed by atoms with Gasteiger partial charge in [-0.3, -0.25) is 0 Å². The predicted octanol–water partition coefficient (Wildman–Crippen LogP) is 3.60. The Morgan fingerprint density at radius 1 is 1.24 bits per heavy atom. The Hall–Kier alpha value is -1.83. The van der Waals surface area contributed by atoms with Gasteiger partial charge in [0.25, 0.3) is 0 Å². The van der Waals surface area contributed by atoms with Crippen LogP contribution in [0.25, 0.3) is 6.08 Å². The van der Waals surface area contributed by atoms with Gasteiger partial charge < -0.3 is 4.74 Å². The van der Waals surface area contributed by atoms with E-state index in [1.54, 1.807) is 0 Å². The zero-order chi connectivity index (χ0) is 12.3. The molecule has 0 radical (unpaired) electrons. The van der Waals surface area contributed by atoms with E-state index in [-0.39, 0.29) is 5.97 Å². The summed E-state index contributed by atoms with van der Waals surface area (Å²) in [6.45, 7) is 2.38. The van der Waals surface area contributed by atoms with E-state index in [0.717, 1.165) is 18.4 Å². The molecule has 0 bridgehead atoms. The Bertz CT molecular complexity index is 377. The molecule has 0 saturated carbocycles. The fourth-order valence-electron chi connectivity index (χ4n) is 1.27. The van der Waals surface area contributed by atoms with Crippen LogP contribution in [0.3, 0.4) is 0 Å². The van der Waals surface area contributed by atoms with Crippen molar-refractivity contribution in [1.82, 2.24) is 0 Å². The molecule has 0 fully saturated rings. The second kappa shape index (κ2) is 8.34. The first kappa shape index (κ1) is 13.2. The summed E-state index contributed by atoms with van der Waals surface area (Å²) in [5.74, 6) is -0.281. The van der Waals surface area contributed by atoms with E-state index in [4.69, 9.17) is 4.74 Å². The van der Waals surface area contributed by atoms with Crippen molar-refractivity contribution >= 4 is 12.0 Å². The molecule has 0 aliphatic heterocycles. The quantitative estimate of drug-likeness (QED) is 0.551. The van der Waals surface area contributed by atoms with Crippen molar-refractivity contribution in [2.75, 3.05) is 6.61 Å². The first-order chi connectivity index (χ1) is 8.33. The average molecular weight is 230 g/mol. The van der Waals surface area contributed by atoms with Gasteiger partial charge in [-0.2, -0.15) is 0 Å². The number of unbranched alkanes of at least 4 members (excludes halogenated alkanes) is 1. The van der Waals surface area contributed by atoms with Crippen molar-refractivity contribution in [2.24, 2.45) is 0 Å². The molecule has 0 amide bonds. The summed E-state index contributed by atoms with van der Waals surface area (Å²) < 4.78 is 5.00. The Labute approximate surface area is 103 Å². The van der Waals surface area contributed by atoms with Crippen molar-refractivity contribution < 1.29 is 9.53 Å². The molecule has 1 rings (SSSR count). The molecule has 1 aromatic rings. The van der Waals surface area contributed by atoms with Gasteiger partial charge >= 0.3 is 5.97 Å². The Kier molecular flexibility index (Phi) is 6.49. The molecule has 0 aliphatic rings. The molecule has 0 N–H and O–H groups in total. The van der Waals surface area contributed by atoms with Crippen LogP contribution in [0, 0.1) is 0 Å². The summed E-state index contributed by atoms with van der Waals surface area (Å²) >= 11 is 0. The minimum Gasteiger partial charge on any atom is -0.458 e. The van der Waals surface area contributed by atoms with Crippen LogP contribution in [-0.4, -0.2) is 12.6 Å². The second-order valence-corrected chi connectivity index (χ2v) is 3.63. The van der Waals surface area contributed by atoms with Gasteiger partial charge in [-0.15, -0.1) is 0 Å². The maximum atomic E-state index is 11.2. The molecular weight excluding hydrogens is 212 g/mol. The van der Waals surface area contributed by atoms with Crippen molar-refractivity contribution in [1.29, 1.82) is 0 Å². The number of rotatable bonds is 6. The monoisotopic (exact) mass is 230 g/mol. The summed E-state index contributed by atoms with van der Waals surface area (Å²) in [5.41, 5.74) is 1.10. The van der Waals surface area contributed by atoms with Gasteiger partial charge in [0.1, 0.15) is 6.61 Å². The van der Waals surface area contributed by atoms with Crippen LogP contribution >= 0.6 is 0 Å². The lowest BCUT2D eigenvalue weighted by Crippen LogP contribution is -1.99. The Morgan fingerprint density at radius 2 is 2.00 bits per heavy atom. The van der Waals surface area contributed by atoms with Crippen LogP contribution in [0.5, 0.6) is 0 Å². The molecule has 0 aromatic heterocycles. The number of benzene rings is 1. The molecule has 0 unspecified atom stereocenters. The number of esters is 1. The van der Waals surface area contributed by atoms with Gasteiger partial charge in [0, 0.05) is 6.08 Å². The largest absolute Gasteiger partial charge is 0.458 e. The van der Waals surface area contributed by atoms with E-state index in [0.29, 0.717) is 6.61 Å². The van der Waals surface area contributed by atoms with E-state index in [9.17, 15) is 4.79 Å². The highest BCUT2D eigenvalue weighted by atomic mass is 16.5. The van der Waals surface area contributed by atoms with Crippen molar-refractivity contribution in [3.63, 3.8) is 0 Å². The van der Waals surface area contributed by atoms with Crippen LogP contribution in [0.2, 0.25) is 0 Å². The highest BCUT2D eigenvalue weighted by Gasteiger charge is 1.92. The SMILES string of the molecule is CCC/C=C\C(=O)OC/C=C/c1ccccc1. The number of hydrogen-bond acceptors (Lipinski definition) is 2. The number of ether oxygens (including phenoxy) is 1. The van der Waals surface area contributed by atoms with Crippen LogP contribution in [0.1, 0.15) is 25.3 Å². The highest BCUT2D eigenvalue weighted by molar-refractivity contribution is 5.81. The molecule has 17 heavy (non-hydrogen) atoms. The first-order valence-electron chi connectivity index (χ1n) is 5.88. The second-order valence-electron chi connectivity index (χ2n) is 3.63. The van der Waals surface area contributed by atoms with Crippen LogP contribution in [0.4, 0.5) is 0 Å². The molecule has 0 heterocycles. The summed E-state index contributed by atoms with van der Waals surface area (Å²) in [4.78, 5) is 11.2. The molecule has 2 nitrogen and oxygen atoms in total. The minimum absolute atomic E-state index is 0.281. The third-order valence-electron chi connectivity index (χ3n) is 2.14. The lowest BCUT2D eigenvalue weighted by molar-refractivity contribution is -0.136. The Morgan fingerprint density at radius 3 is 2.71 bits per heavy atom. The molecule has 90 valence electrons. The zero-order valence-corrected chi connectivity index (χ0v) is 10.1. The van der Waals surface area contributed by atoms with Gasteiger partial charge in [0.15, 0.2) is 0 Å². The number of allylic oxidation sites excluding steroid dienone is 1. The molecular formula is C15H18O2. The molecule has 0 spiro atoms. The summed E-state index contributed by atoms with van der Waals surface area (Å²) in [6.07, 6.45) is 9.04. The normalized spacial score (nSPS) is 11.1. The van der Waals surface area contributed by atoms with Gasteiger partial charge in [-0.05, 0) is 18.1 Å². The zero-order valence-electron chi connectivity index (χ0n) is 10.1. The van der Waals surface area contributed by atoms with Gasteiger partial charge in [0.2, 0.25) is 0 Å². The maximum Gasteiger partial charge on any atom is 0.330 e. The summed E-state index contributed by atoms with van der Waals surface area (Å²) in [7, 11) is 0. The lowest BCUT2D eigenvalue weighted by atomic mass is 10.2. The number of carbonyl (C=O) groups excluding carboxylic acids is 1. The van der Waals surface area contributed by atoms with Crippen molar-refractivity contribution in [3.8, 4) is 0 Å². The predicted molar refractivity (Wildman–Crippen MR) is 70.5 cm³/mol. The topological polar surface area (TPSA) is 26.3 Å². The van der Waals surface area contributed by atoms with Crippen LogP contribution < -0.4 is 0 Å². The average Bonchev–Trinajstić information content (AvgIpc) is 2.36. The molecule has 0 aliphatic carbocycles. The van der Waals surface area contributed by atoms with Crippen molar-refractivity contribution in [3.05, 3.63) is 54.1 Å². The smallest absolute Gasteiger partial charge is 0.330 e. The van der Waals surface area contributed by atoms with E-state index in [1.807, 2.05) is 48.6 Å². The lowest BCUT2D eigenvalue weighted by Gasteiger charge is -1.96. The van der Waals surface area contributed by atoms with E-state index < -0.39 is 0 Å². The van der Waals surface area contributed by atoms with Gasteiger partial charge in [0.05, 0.1) is 0 Å². The minimum atomic E-state index is -0.281. The Balaban J connectivity index is 2.24. The van der Waals surface area contributed by atoms with Gasteiger partial charge in [-0.25, -0.2) is 4.79 Å². The van der Waals surface area contributed by atoms with Crippen LogP contribution in [0.15, 0.2) is 48.6 Å².